The quantitative estimate of drug-likeness (QED) is 0.280. The Morgan fingerprint density at radius 2 is 1.80 bits per heavy atom. The fourth-order valence-electron chi connectivity index (χ4n) is 3.82. The van der Waals surface area contributed by atoms with E-state index in [2.05, 4.69) is 32.9 Å². The van der Waals surface area contributed by atoms with Crippen LogP contribution < -0.4 is 14.8 Å². The third kappa shape index (κ3) is 5.09. The molecule has 1 N–H and O–H groups in total. The smallest absolute Gasteiger partial charge is 0.163 e. The van der Waals surface area contributed by atoms with Crippen LogP contribution in [0.2, 0.25) is 0 Å². The van der Waals surface area contributed by atoms with Gasteiger partial charge in [-0.3, -0.25) is 4.68 Å². The maximum Gasteiger partial charge on any atom is 0.163 e. The molecule has 0 atom stereocenters. The predicted molar refractivity (Wildman–Crippen MR) is 139 cm³/mol. The van der Waals surface area contributed by atoms with E-state index in [1.54, 1.807) is 22.2 Å². The van der Waals surface area contributed by atoms with Crippen LogP contribution in [-0.4, -0.2) is 37.9 Å². The normalized spacial score (nSPS) is 11.1. The van der Waals surface area contributed by atoms with Crippen molar-refractivity contribution in [2.24, 2.45) is 0 Å². The van der Waals surface area contributed by atoms with Crippen LogP contribution in [0.25, 0.3) is 22.2 Å². The third-order valence-corrected chi connectivity index (χ3v) is 6.08. The lowest BCUT2D eigenvalue weighted by Crippen LogP contribution is -2.08. The number of rotatable bonds is 9. The first-order valence-corrected chi connectivity index (χ1v) is 12.4. The topological polar surface area (TPSA) is 87.0 Å². The molecule has 0 spiro atoms. The second kappa shape index (κ2) is 10.1. The summed E-state index contributed by atoms with van der Waals surface area (Å²) in [5.74, 6) is 2.66. The first kappa shape index (κ1) is 22.8. The molecule has 5 rings (SSSR count). The Bertz CT molecular complexity index is 1450. The molecule has 5 aromatic rings. The monoisotopic (exact) mass is 486 g/mol. The number of hydrogen-bond acceptors (Lipinski definition) is 8. The van der Waals surface area contributed by atoms with E-state index in [9.17, 15) is 0 Å². The first-order chi connectivity index (χ1) is 17.1. The maximum absolute atomic E-state index is 5.87. The van der Waals surface area contributed by atoms with E-state index in [0.29, 0.717) is 42.9 Å². The van der Waals surface area contributed by atoms with Crippen molar-refractivity contribution < 1.29 is 9.47 Å². The highest BCUT2D eigenvalue weighted by molar-refractivity contribution is 7.09. The summed E-state index contributed by atoms with van der Waals surface area (Å²) in [6.45, 7) is 7.43. The summed E-state index contributed by atoms with van der Waals surface area (Å²) in [4.78, 5) is 14.3. The number of nitrogens with zero attached hydrogens (tertiary/aromatic N) is 5. The van der Waals surface area contributed by atoms with Crippen LogP contribution in [0.4, 0.5) is 11.5 Å². The molecule has 0 radical (unpaired) electrons. The van der Waals surface area contributed by atoms with E-state index in [1.165, 1.54) is 0 Å². The summed E-state index contributed by atoms with van der Waals surface area (Å²) in [7, 11) is 0. The lowest BCUT2D eigenvalue weighted by atomic mass is 10.1. The maximum atomic E-state index is 5.87. The molecule has 8 nitrogen and oxygen atoms in total. The molecule has 3 aromatic heterocycles. The second-order valence-corrected chi connectivity index (χ2v) is 8.89. The Morgan fingerprint density at radius 1 is 0.971 bits per heavy atom. The fraction of sp³-hybridized carbons (Fsp3) is 0.231. The standard InChI is InChI=1S/C26H26N6O2S/c1-4-33-23-13-20-21(14-24(23)34-5-2)30-25(15-32-11-7-10-27-32)31-26(20)29-19-9-6-8-18(12-19)22-16-35-17(3)28-22/h6-14,16H,4-5,15H2,1-3H3,(H,29,30,31). The average molecular weight is 487 g/mol. The van der Waals surface area contributed by atoms with Crippen LogP contribution >= 0.6 is 11.3 Å². The molecule has 0 saturated carbocycles. The zero-order valence-electron chi connectivity index (χ0n) is 19.9. The van der Waals surface area contributed by atoms with E-state index in [0.717, 1.165) is 32.9 Å². The Balaban J connectivity index is 1.59. The molecule has 178 valence electrons. The molecule has 0 amide bonds. The summed E-state index contributed by atoms with van der Waals surface area (Å²) < 4.78 is 13.5. The molecule has 0 unspecified atom stereocenters. The van der Waals surface area contributed by atoms with Crippen molar-refractivity contribution in [2.75, 3.05) is 18.5 Å². The predicted octanol–water partition coefficient (Wildman–Crippen LogP) is 5.85. The van der Waals surface area contributed by atoms with Crippen LogP contribution in [0, 0.1) is 6.92 Å². The molecule has 9 heteroatoms. The van der Waals surface area contributed by atoms with Gasteiger partial charge in [0.2, 0.25) is 0 Å². The van der Waals surface area contributed by atoms with Gasteiger partial charge < -0.3 is 14.8 Å². The van der Waals surface area contributed by atoms with Crippen molar-refractivity contribution in [2.45, 2.75) is 27.3 Å². The van der Waals surface area contributed by atoms with E-state index < -0.39 is 0 Å². The summed E-state index contributed by atoms with van der Waals surface area (Å²) in [5.41, 5.74) is 3.68. The number of nitrogens with one attached hydrogen (secondary N) is 1. The third-order valence-electron chi connectivity index (χ3n) is 5.31. The summed E-state index contributed by atoms with van der Waals surface area (Å²) >= 11 is 1.64. The molecular formula is C26H26N6O2S. The van der Waals surface area contributed by atoms with Crippen molar-refractivity contribution in [3.63, 3.8) is 0 Å². The van der Waals surface area contributed by atoms with Gasteiger partial charge in [0.15, 0.2) is 17.3 Å². The fourth-order valence-corrected chi connectivity index (χ4v) is 4.44. The van der Waals surface area contributed by atoms with Crippen LogP contribution in [0.5, 0.6) is 11.5 Å². The van der Waals surface area contributed by atoms with Crippen molar-refractivity contribution in [1.29, 1.82) is 0 Å². The van der Waals surface area contributed by atoms with E-state index in [4.69, 9.17) is 19.4 Å². The van der Waals surface area contributed by atoms with Gasteiger partial charge in [-0.2, -0.15) is 5.10 Å². The Kier molecular flexibility index (Phi) is 6.58. The van der Waals surface area contributed by atoms with Gasteiger partial charge in [0.25, 0.3) is 0 Å². The Morgan fingerprint density at radius 3 is 2.51 bits per heavy atom. The molecule has 0 aliphatic rings. The number of aryl methyl sites for hydroxylation is 1. The number of aromatic nitrogens is 5. The Labute approximate surface area is 207 Å². The van der Waals surface area contributed by atoms with Crippen LogP contribution in [0.15, 0.2) is 60.2 Å². The minimum atomic E-state index is 0.451. The molecule has 0 fully saturated rings. The van der Waals surface area contributed by atoms with E-state index in [1.807, 2.05) is 57.3 Å². The van der Waals surface area contributed by atoms with E-state index in [-0.39, 0.29) is 0 Å². The highest BCUT2D eigenvalue weighted by Crippen LogP contribution is 2.36. The molecule has 0 saturated heterocycles. The lowest BCUT2D eigenvalue weighted by molar-refractivity contribution is 0.288. The SMILES string of the molecule is CCOc1cc2nc(Cn3cccn3)nc(Nc3cccc(-c4csc(C)n4)c3)c2cc1OCC. The van der Waals surface area contributed by atoms with E-state index >= 15 is 0 Å². The molecular weight excluding hydrogens is 460 g/mol. The van der Waals surface area contributed by atoms with Crippen molar-refractivity contribution in [3.8, 4) is 22.8 Å². The minimum absolute atomic E-state index is 0.451. The van der Waals surface area contributed by atoms with Crippen LogP contribution in [0.1, 0.15) is 24.7 Å². The van der Waals surface area contributed by atoms with Crippen molar-refractivity contribution in [3.05, 3.63) is 71.1 Å². The molecule has 0 aliphatic carbocycles. The number of fused-ring (bicyclic) bond motifs is 1. The number of ether oxygens (including phenoxy) is 2. The highest BCUT2D eigenvalue weighted by atomic mass is 32.1. The summed E-state index contributed by atoms with van der Waals surface area (Å²) in [6, 6.07) is 13.9. The zero-order valence-corrected chi connectivity index (χ0v) is 20.7. The van der Waals surface area contributed by atoms with Crippen LogP contribution in [-0.2, 0) is 6.54 Å². The molecule has 0 bridgehead atoms. The molecule has 3 heterocycles. The van der Waals surface area contributed by atoms with Crippen molar-refractivity contribution >= 4 is 33.7 Å². The van der Waals surface area contributed by atoms with Gasteiger partial charge in [0, 0.05) is 40.5 Å². The van der Waals surface area contributed by atoms with Gasteiger partial charge in [-0.1, -0.05) is 12.1 Å². The molecule has 35 heavy (non-hydrogen) atoms. The van der Waals surface area contributed by atoms with Gasteiger partial charge in [0.05, 0.1) is 29.4 Å². The number of benzene rings is 2. The Hall–Kier alpha value is -3.98. The zero-order chi connectivity index (χ0) is 24.2. The van der Waals surface area contributed by atoms with Crippen LogP contribution in [0.3, 0.4) is 0 Å². The van der Waals surface area contributed by atoms with Crippen molar-refractivity contribution in [1.82, 2.24) is 24.7 Å². The summed E-state index contributed by atoms with van der Waals surface area (Å²) in [6.07, 6.45) is 3.64. The first-order valence-electron chi connectivity index (χ1n) is 11.5. The largest absolute Gasteiger partial charge is 0.490 e. The minimum Gasteiger partial charge on any atom is -0.490 e. The van der Waals surface area contributed by atoms with Gasteiger partial charge in [0.1, 0.15) is 12.4 Å². The second-order valence-electron chi connectivity index (χ2n) is 7.83. The molecule has 0 aliphatic heterocycles. The van der Waals surface area contributed by atoms with Gasteiger partial charge in [-0.25, -0.2) is 15.0 Å². The van der Waals surface area contributed by atoms with Gasteiger partial charge in [-0.15, -0.1) is 11.3 Å². The number of thiazole rings is 1. The van der Waals surface area contributed by atoms with Gasteiger partial charge in [-0.05, 0) is 45.0 Å². The lowest BCUT2D eigenvalue weighted by Gasteiger charge is -2.15. The van der Waals surface area contributed by atoms with Gasteiger partial charge >= 0.3 is 0 Å². The average Bonchev–Trinajstić information content (AvgIpc) is 3.52. The summed E-state index contributed by atoms with van der Waals surface area (Å²) in [5, 5.41) is 11.8. The number of anilines is 2. The highest BCUT2D eigenvalue weighted by Gasteiger charge is 2.15. The molecule has 2 aromatic carbocycles. The number of hydrogen-bond donors (Lipinski definition) is 1.